The SMILES string of the molecule is CCNC(=O)CSc1nc(C2CC2)nc(C)c1C(=O)O. The first-order valence-corrected chi connectivity index (χ1v) is 7.52. The van der Waals surface area contributed by atoms with Gasteiger partial charge in [-0.05, 0) is 26.7 Å². The fraction of sp³-hybridized carbons (Fsp3) is 0.538. The summed E-state index contributed by atoms with van der Waals surface area (Å²) in [6, 6.07) is 0. The largest absolute Gasteiger partial charge is 0.478 e. The molecule has 2 N–H and O–H groups in total. The number of rotatable bonds is 6. The van der Waals surface area contributed by atoms with Crippen LogP contribution in [-0.4, -0.2) is 39.2 Å². The van der Waals surface area contributed by atoms with Crippen LogP contribution in [0.3, 0.4) is 0 Å². The van der Waals surface area contributed by atoms with Gasteiger partial charge < -0.3 is 10.4 Å². The lowest BCUT2D eigenvalue weighted by molar-refractivity contribution is -0.118. The molecule has 6 nitrogen and oxygen atoms in total. The Bertz CT molecular complexity index is 544. The average molecular weight is 295 g/mol. The molecule has 0 atom stereocenters. The van der Waals surface area contributed by atoms with Crippen LogP contribution in [-0.2, 0) is 4.79 Å². The van der Waals surface area contributed by atoms with Crippen molar-refractivity contribution in [1.82, 2.24) is 15.3 Å². The number of carboxylic acids is 1. The lowest BCUT2D eigenvalue weighted by Crippen LogP contribution is -2.24. The van der Waals surface area contributed by atoms with Gasteiger partial charge in [0.25, 0.3) is 0 Å². The molecule has 0 aromatic carbocycles. The third kappa shape index (κ3) is 3.47. The summed E-state index contributed by atoms with van der Waals surface area (Å²) >= 11 is 1.15. The van der Waals surface area contributed by atoms with E-state index in [0.717, 1.165) is 24.6 Å². The third-order valence-corrected chi connectivity index (χ3v) is 3.92. The van der Waals surface area contributed by atoms with Gasteiger partial charge in [-0.1, -0.05) is 11.8 Å². The van der Waals surface area contributed by atoms with Crippen molar-refractivity contribution in [2.24, 2.45) is 0 Å². The van der Waals surface area contributed by atoms with Crippen LogP contribution in [0.2, 0.25) is 0 Å². The normalized spacial score (nSPS) is 14.1. The summed E-state index contributed by atoms with van der Waals surface area (Å²) in [4.78, 5) is 31.4. The van der Waals surface area contributed by atoms with Crippen LogP contribution < -0.4 is 5.32 Å². The van der Waals surface area contributed by atoms with E-state index >= 15 is 0 Å². The van der Waals surface area contributed by atoms with Crippen LogP contribution in [0.5, 0.6) is 0 Å². The summed E-state index contributed by atoms with van der Waals surface area (Å²) in [5.74, 6) is 0.0295. The number of hydrogen-bond acceptors (Lipinski definition) is 5. The maximum atomic E-state index is 11.5. The number of aromatic carboxylic acids is 1. The summed E-state index contributed by atoms with van der Waals surface area (Å²) in [5.41, 5.74) is 0.566. The molecular formula is C13H17N3O3S. The van der Waals surface area contributed by atoms with Gasteiger partial charge in [-0.3, -0.25) is 4.79 Å². The van der Waals surface area contributed by atoms with E-state index in [2.05, 4.69) is 15.3 Å². The number of carboxylic acid groups (broad SMARTS) is 1. The van der Waals surface area contributed by atoms with E-state index in [1.54, 1.807) is 6.92 Å². The maximum Gasteiger partial charge on any atom is 0.340 e. The van der Waals surface area contributed by atoms with Crippen LogP contribution in [0.15, 0.2) is 5.03 Å². The van der Waals surface area contributed by atoms with Gasteiger partial charge in [0.15, 0.2) is 0 Å². The number of aryl methyl sites for hydroxylation is 1. The number of nitrogens with one attached hydrogen (secondary N) is 1. The molecule has 108 valence electrons. The molecule has 1 aromatic heterocycles. The Hall–Kier alpha value is -1.63. The Morgan fingerprint density at radius 3 is 2.65 bits per heavy atom. The highest BCUT2D eigenvalue weighted by Crippen LogP contribution is 2.39. The molecule has 1 aromatic rings. The van der Waals surface area contributed by atoms with Crippen molar-refractivity contribution in [3.05, 3.63) is 17.1 Å². The van der Waals surface area contributed by atoms with Crippen LogP contribution in [0.4, 0.5) is 0 Å². The highest BCUT2D eigenvalue weighted by atomic mass is 32.2. The molecule has 0 bridgehead atoms. The predicted molar refractivity (Wildman–Crippen MR) is 75.1 cm³/mol. The molecule has 1 amide bonds. The van der Waals surface area contributed by atoms with Crippen LogP contribution in [0, 0.1) is 6.92 Å². The van der Waals surface area contributed by atoms with Gasteiger partial charge >= 0.3 is 5.97 Å². The van der Waals surface area contributed by atoms with Gasteiger partial charge in [0.1, 0.15) is 16.4 Å². The van der Waals surface area contributed by atoms with Crippen LogP contribution >= 0.6 is 11.8 Å². The van der Waals surface area contributed by atoms with E-state index in [-0.39, 0.29) is 17.2 Å². The zero-order valence-corrected chi connectivity index (χ0v) is 12.3. The molecular weight excluding hydrogens is 278 g/mol. The topological polar surface area (TPSA) is 92.2 Å². The quantitative estimate of drug-likeness (QED) is 0.611. The van der Waals surface area contributed by atoms with Crippen LogP contribution in [0.1, 0.15) is 47.6 Å². The van der Waals surface area contributed by atoms with Crippen molar-refractivity contribution >= 4 is 23.6 Å². The molecule has 1 aliphatic rings. The molecule has 1 fully saturated rings. The standard InChI is InChI=1S/C13H17N3O3S/c1-3-14-9(17)6-20-12-10(13(18)19)7(2)15-11(16-12)8-4-5-8/h8H,3-6H2,1-2H3,(H,14,17)(H,18,19). The van der Waals surface area contributed by atoms with Gasteiger partial charge in [-0.2, -0.15) is 0 Å². The number of carbonyl (C=O) groups excluding carboxylic acids is 1. The summed E-state index contributed by atoms with van der Waals surface area (Å²) in [6.45, 7) is 4.07. The van der Waals surface area contributed by atoms with E-state index in [1.165, 1.54) is 0 Å². The molecule has 0 saturated heterocycles. The number of carbonyl (C=O) groups is 2. The first-order valence-electron chi connectivity index (χ1n) is 6.54. The minimum atomic E-state index is -1.05. The molecule has 7 heteroatoms. The number of thioether (sulfide) groups is 1. The van der Waals surface area contributed by atoms with Crippen LogP contribution in [0.25, 0.3) is 0 Å². The van der Waals surface area contributed by atoms with Gasteiger partial charge in [0, 0.05) is 12.5 Å². The van der Waals surface area contributed by atoms with Gasteiger partial charge in [0.05, 0.1) is 11.4 Å². The molecule has 0 spiro atoms. The number of nitrogens with zero attached hydrogens (tertiary/aromatic N) is 2. The zero-order chi connectivity index (χ0) is 14.7. The summed E-state index contributed by atoms with van der Waals surface area (Å²) < 4.78 is 0. The molecule has 0 aliphatic heterocycles. The monoisotopic (exact) mass is 295 g/mol. The first-order chi connectivity index (χ1) is 9.52. The van der Waals surface area contributed by atoms with E-state index < -0.39 is 5.97 Å². The van der Waals surface area contributed by atoms with Gasteiger partial charge in [0.2, 0.25) is 5.91 Å². The fourth-order valence-electron chi connectivity index (χ4n) is 1.82. The van der Waals surface area contributed by atoms with E-state index in [0.29, 0.717) is 29.0 Å². The summed E-state index contributed by atoms with van der Waals surface area (Å²) in [6.07, 6.45) is 2.10. The van der Waals surface area contributed by atoms with Crippen molar-refractivity contribution < 1.29 is 14.7 Å². The van der Waals surface area contributed by atoms with Crippen molar-refractivity contribution in [3.63, 3.8) is 0 Å². The Kier molecular flexibility index (Phi) is 4.59. The number of hydrogen-bond donors (Lipinski definition) is 2. The third-order valence-electron chi connectivity index (χ3n) is 2.94. The smallest absolute Gasteiger partial charge is 0.340 e. The summed E-state index contributed by atoms with van der Waals surface area (Å²) in [7, 11) is 0. The maximum absolute atomic E-state index is 11.5. The van der Waals surface area contributed by atoms with Crippen molar-refractivity contribution in [2.75, 3.05) is 12.3 Å². The Labute approximate surface area is 121 Å². The average Bonchev–Trinajstić information content (AvgIpc) is 3.19. The molecule has 0 radical (unpaired) electrons. The number of amides is 1. The Balaban J connectivity index is 2.23. The highest BCUT2D eigenvalue weighted by molar-refractivity contribution is 8.00. The first kappa shape index (κ1) is 14.8. The molecule has 1 aliphatic carbocycles. The molecule has 1 saturated carbocycles. The second kappa shape index (κ2) is 6.21. The fourth-order valence-corrected chi connectivity index (χ4v) is 2.73. The molecule has 2 rings (SSSR count). The minimum absolute atomic E-state index is 0.101. The lowest BCUT2D eigenvalue weighted by Gasteiger charge is -2.09. The van der Waals surface area contributed by atoms with Crippen molar-refractivity contribution in [2.45, 2.75) is 37.6 Å². The predicted octanol–water partition coefficient (Wildman–Crippen LogP) is 1.59. The second-order valence-corrected chi connectivity index (χ2v) is 5.63. The van der Waals surface area contributed by atoms with Gasteiger partial charge in [-0.15, -0.1) is 0 Å². The Morgan fingerprint density at radius 1 is 1.40 bits per heavy atom. The molecule has 1 heterocycles. The lowest BCUT2D eigenvalue weighted by atomic mass is 10.2. The molecule has 0 unspecified atom stereocenters. The zero-order valence-electron chi connectivity index (χ0n) is 11.5. The minimum Gasteiger partial charge on any atom is -0.478 e. The van der Waals surface area contributed by atoms with Crippen molar-refractivity contribution in [1.29, 1.82) is 0 Å². The van der Waals surface area contributed by atoms with E-state index in [9.17, 15) is 14.7 Å². The molecule has 20 heavy (non-hydrogen) atoms. The number of aromatic nitrogens is 2. The second-order valence-electron chi connectivity index (χ2n) is 4.67. The van der Waals surface area contributed by atoms with E-state index in [1.807, 2.05) is 6.92 Å². The highest BCUT2D eigenvalue weighted by Gasteiger charge is 2.29. The van der Waals surface area contributed by atoms with E-state index in [4.69, 9.17) is 0 Å². The summed E-state index contributed by atoms with van der Waals surface area (Å²) in [5, 5.41) is 12.3. The van der Waals surface area contributed by atoms with Gasteiger partial charge in [-0.25, -0.2) is 14.8 Å². The Morgan fingerprint density at radius 2 is 2.10 bits per heavy atom. The van der Waals surface area contributed by atoms with Crippen molar-refractivity contribution in [3.8, 4) is 0 Å².